The number of methoxy groups -OCH3 is 1. The van der Waals surface area contributed by atoms with Crippen molar-refractivity contribution in [2.75, 3.05) is 7.11 Å². The largest absolute Gasteiger partial charge is 0.497 e. The van der Waals surface area contributed by atoms with Crippen molar-refractivity contribution in [2.24, 2.45) is 0 Å². The van der Waals surface area contributed by atoms with Gasteiger partial charge in [-0.2, -0.15) is 0 Å². The van der Waals surface area contributed by atoms with E-state index in [1.54, 1.807) is 24.3 Å². The predicted octanol–water partition coefficient (Wildman–Crippen LogP) is 0.930. The second-order valence-electron chi connectivity index (χ2n) is 6.21. The molecule has 1 unspecified atom stereocenters. The van der Waals surface area contributed by atoms with Crippen LogP contribution in [-0.4, -0.2) is 52.9 Å². The minimum absolute atomic E-state index is 0.0194. The van der Waals surface area contributed by atoms with Gasteiger partial charge >= 0.3 is 12.1 Å². The van der Waals surface area contributed by atoms with Gasteiger partial charge in [-0.3, -0.25) is 14.4 Å². The minimum atomic E-state index is -1.25. The summed E-state index contributed by atoms with van der Waals surface area (Å²) in [5, 5.41) is 0.381. The SMILES string of the molecule is COc1ccc(COC(=O)N2C(=O)CCC2C(=O)ON2C(=O)CCC2=O)cc1. The molecule has 0 spiro atoms. The number of hydrogen-bond donors (Lipinski definition) is 0. The van der Waals surface area contributed by atoms with Gasteiger partial charge in [0.25, 0.3) is 11.8 Å². The van der Waals surface area contributed by atoms with Gasteiger partial charge in [-0.15, -0.1) is 5.06 Å². The van der Waals surface area contributed by atoms with Gasteiger partial charge in [-0.1, -0.05) is 12.1 Å². The molecule has 0 N–H and O–H groups in total. The quantitative estimate of drug-likeness (QED) is 0.681. The third kappa shape index (κ3) is 3.95. The maximum absolute atomic E-state index is 12.3. The second-order valence-corrected chi connectivity index (χ2v) is 6.21. The van der Waals surface area contributed by atoms with Crippen molar-refractivity contribution < 1.29 is 38.3 Å². The Morgan fingerprint density at radius 2 is 1.64 bits per heavy atom. The zero-order valence-electron chi connectivity index (χ0n) is 15.1. The van der Waals surface area contributed by atoms with Crippen LogP contribution < -0.4 is 4.74 Å². The number of imide groups is 2. The molecule has 1 atom stereocenters. The lowest BCUT2D eigenvalue weighted by Gasteiger charge is -2.22. The van der Waals surface area contributed by atoms with Crippen molar-refractivity contribution in [3.63, 3.8) is 0 Å². The predicted molar refractivity (Wildman–Crippen MR) is 90.2 cm³/mol. The maximum Gasteiger partial charge on any atom is 0.417 e. The molecule has 0 bridgehead atoms. The Kier molecular flexibility index (Phi) is 5.57. The van der Waals surface area contributed by atoms with E-state index in [0.29, 0.717) is 21.3 Å². The summed E-state index contributed by atoms with van der Waals surface area (Å²) in [5.74, 6) is -2.28. The van der Waals surface area contributed by atoms with Crippen molar-refractivity contribution in [1.82, 2.24) is 9.96 Å². The Morgan fingerprint density at radius 1 is 1.00 bits per heavy atom. The number of likely N-dealkylation sites (tertiary alicyclic amines) is 1. The lowest BCUT2D eigenvalue weighted by molar-refractivity contribution is -0.200. The summed E-state index contributed by atoms with van der Waals surface area (Å²) in [7, 11) is 1.52. The highest BCUT2D eigenvalue weighted by Gasteiger charge is 2.44. The number of rotatable bonds is 5. The highest BCUT2D eigenvalue weighted by Crippen LogP contribution is 2.23. The molecule has 1 aromatic carbocycles. The summed E-state index contributed by atoms with van der Waals surface area (Å²) < 4.78 is 10.2. The van der Waals surface area contributed by atoms with Crippen LogP contribution in [0.4, 0.5) is 4.79 Å². The molecule has 148 valence electrons. The Bertz CT molecular complexity index is 803. The van der Waals surface area contributed by atoms with Crippen LogP contribution in [0.1, 0.15) is 31.2 Å². The summed E-state index contributed by atoms with van der Waals surface area (Å²) in [6, 6.07) is 5.50. The van der Waals surface area contributed by atoms with Crippen molar-refractivity contribution in [1.29, 1.82) is 0 Å². The first kappa shape index (κ1) is 19.3. The van der Waals surface area contributed by atoms with Crippen LogP contribution in [0.15, 0.2) is 24.3 Å². The molecule has 0 radical (unpaired) electrons. The van der Waals surface area contributed by atoms with E-state index in [4.69, 9.17) is 14.3 Å². The van der Waals surface area contributed by atoms with E-state index >= 15 is 0 Å². The number of nitrogens with zero attached hydrogens (tertiary/aromatic N) is 2. The van der Waals surface area contributed by atoms with E-state index in [0.717, 1.165) is 0 Å². The van der Waals surface area contributed by atoms with E-state index in [-0.39, 0.29) is 32.3 Å². The first-order valence-electron chi connectivity index (χ1n) is 8.60. The van der Waals surface area contributed by atoms with Crippen LogP contribution in [0.5, 0.6) is 5.75 Å². The van der Waals surface area contributed by atoms with Gasteiger partial charge in [0.15, 0.2) is 0 Å². The van der Waals surface area contributed by atoms with Gasteiger partial charge in [0.2, 0.25) is 5.91 Å². The molecule has 0 aromatic heterocycles. The zero-order valence-corrected chi connectivity index (χ0v) is 15.1. The molecule has 0 saturated carbocycles. The van der Waals surface area contributed by atoms with Gasteiger partial charge in [0.05, 0.1) is 7.11 Å². The Morgan fingerprint density at radius 3 is 2.25 bits per heavy atom. The zero-order chi connectivity index (χ0) is 20.3. The molecule has 2 fully saturated rings. The molecule has 2 aliphatic rings. The van der Waals surface area contributed by atoms with E-state index in [2.05, 4.69) is 0 Å². The van der Waals surface area contributed by atoms with Crippen molar-refractivity contribution >= 4 is 29.8 Å². The average molecular weight is 390 g/mol. The fraction of sp³-hybridized carbons (Fsp3) is 0.389. The number of carbonyl (C=O) groups excluding carboxylic acids is 5. The van der Waals surface area contributed by atoms with Crippen LogP contribution in [0.3, 0.4) is 0 Å². The number of hydroxylamine groups is 2. The normalized spacial score (nSPS) is 19.2. The monoisotopic (exact) mass is 390 g/mol. The molecule has 2 saturated heterocycles. The van der Waals surface area contributed by atoms with Gasteiger partial charge in [-0.25, -0.2) is 14.5 Å². The molecule has 0 aliphatic carbocycles. The standard InChI is InChI=1S/C18H18N2O8/c1-26-12-4-2-11(3-5-12)10-27-18(25)19-13(6-7-14(19)21)17(24)28-20-15(22)8-9-16(20)23/h2-5,13H,6-10H2,1H3. The van der Waals surface area contributed by atoms with E-state index in [1.807, 2.05) is 0 Å². The molecule has 4 amide bonds. The van der Waals surface area contributed by atoms with Crippen molar-refractivity contribution in [3.8, 4) is 5.75 Å². The fourth-order valence-electron chi connectivity index (χ4n) is 2.88. The van der Waals surface area contributed by atoms with E-state index in [9.17, 15) is 24.0 Å². The maximum atomic E-state index is 12.3. The van der Waals surface area contributed by atoms with Crippen LogP contribution in [0.2, 0.25) is 0 Å². The van der Waals surface area contributed by atoms with Gasteiger partial charge in [0, 0.05) is 19.3 Å². The summed E-state index contributed by atoms with van der Waals surface area (Å²) >= 11 is 0. The van der Waals surface area contributed by atoms with Crippen LogP contribution in [0.25, 0.3) is 0 Å². The Labute approximate surface area is 159 Å². The third-order valence-corrected chi connectivity index (χ3v) is 4.39. The number of carbonyl (C=O) groups is 5. The number of amides is 4. The average Bonchev–Trinajstić information content (AvgIpc) is 3.23. The van der Waals surface area contributed by atoms with Crippen molar-refractivity contribution in [3.05, 3.63) is 29.8 Å². The molecule has 2 heterocycles. The van der Waals surface area contributed by atoms with Crippen LogP contribution in [0, 0.1) is 0 Å². The van der Waals surface area contributed by atoms with Crippen molar-refractivity contribution in [2.45, 2.75) is 38.3 Å². The first-order valence-corrected chi connectivity index (χ1v) is 8.60. The second kappa shape index (κ2) is 8.07. The lowest BCUT2D eigenvalue weighted by Crippen LogP contribution is -2.46. The summed E-state index contributed by atoms with van der Waals surface area (Å²) in [6.07, 6.45) is -1.14. The third-order valence-electron chi connectivity index (χ3n) is 4.39. The number of hydrogen-bond acceptors (Lipinski definition) is 8. The van der Waals surface area contributed by atoms with Gasteiger partial charge < -0.3 is 14.3 Å². The number of benzene rings is 1. The summed E-state index contributed by atoms with van der Waals surface area (Å²) in [5.41, 5.74) is 0.660. The fourth-order valence-corrected chi connectivity index (χ4v) is 2.88. The topological polar surface area (TPSA) is 120 Å². The molecule has 10 nitrogen and oxygen atoms in total. The van der Waals surface area contributed by atoms with Crippen LogP contribution in [-0.2, 0) is 35.4 Å². The summed E-state index contributed by atoms with van der Waals surface area (Å²) in [4.78, 5) is 65.3. The first-order chi connectivity index (χ1) is 13.4. The molecule has 28 heavy (non-hydrogen) atoms. The smallest absolute Gasteiger partial charge is 0.417 e. The lowest BCUT2D eigenvalue weighted by atomic mass is 10.2. The molecular formula is C18H18N2O8. The Balaban J connectivity index is 1.62. The Hall–Kier alpha value is -3.43. The highest BCUT2D eigenvalue weighted by molar-refractivity contribution is 6.03. The number of ether oxygens (including phenoxy) is 2. The van der Waals surface area contributed by atoms with E-state index < -0.39 is 35.8 Å². The molecular weight excluding hydrogens is 372 g/mol. The summed E-state index contributed by atoms with van der Waals surface area (Å²) in [6.45, 7) is -0.114. The van der Waals surface area contributed by atoms with Crippen LogP contribution >= 0.6 is 0 Å². The minimum Gasteiger partial charge on any atom is -0.497 e. The molecule has 3 rings (SSSR count). The molecule has 2 aliphatic heterocycles. The molecule has 1 aromatic rings. The highest BCUT2D eigenvalue weighted by atomic mass is 16.7. The van der Waals surface area contributed by atoms with E-state index in [1.165, 1.54) is 7.11 Å². The molecule has 10 heteroatoms. The van der Waals surface area contributed by atoms with Gasteiger partial charge in [0.1, 0.15) is 18.4 Å². The van der Waals surface area contributed by atoms with Gasteiger partial charge in [-0.05, 0) is 24.1 Å².